The van der Waals surface area contributed by atoms with Crippen molar-refractivity contribution in [3.63, 3.8) is 0 Å². The minimum Gasteiger partial charge on any atom is -0.463 e. The van der Waals surface area contributed by atoms with Gasteiger partial charge in [0.15, 0.2) is 0 Å². The van der Waals surface area contributed by atoms with Crippen LogP contribution in [0.5, 0.6) is 0 Å². The SMILES string of the molecule is CCOC(=O)C=C1CC[N@@+](C(=O)NC)(C(C)c2cc(C(F)(F)F)cc(C(F)(F)F)c2)[C@@H](c2ccc(F)cc2C)C1. The highest BCUT2D eigenvalue weighted by atomic mass is 19.4. The Morgan fingerprint density at radius 3 is 2.17 bits per heavy atom. The number of carbonyl (C=O) groups is 2. The number of carbonyl (C=O) groups excluding carboxylic acids is 2. The highest BCUT2D eigenvalue weighted by Gasteiger charge is 2.53. The largest absolute Gasteiger partial charge is 0.463 e. The second-order valence-corrected chi connectivity index (χ2v) is 9.75. The summed E-state index contributed by atoms with van der Waals surface area (Å²) >= 11 is 0. The highest BCUT2D eigenvalue weighted by Crippen LogP contribution is 2.49. The maximum Gasteiger partial charge on any atom is 0.417 e. The molecule has 2 aromatic rings. The zero-order valence-corrected chi connectivity index (χ0v) is 22.3. The number of aryl methyl sites for hydroxylation is 1. The van der Waals surface area contributed by atoms with Crippen LogP contribution in [-0.4, -0.2) is 36.7 Å². The normalized spacial score (nSPS) is 21.7. The number of nitrogens with zero attached hydrogens (tertiary/aromatic N) is 1. The summed E-state index contributed by atoms with van der Waals surface area (Å²) in [6.07, 6.45) is -8.67. The lowest BCUT2D eigenvalue weighted by atomic mass is 9.83. The second kappa shape index (κ2) is 11.6. The molecule has 1 fully saturated rings. The average molecular weight is 576 g/mol. The first-order valence-electron chi connectivity index (χ1n) is 12.6. The number of rotatable bonds is 5. The van der Waals surface area contributed by atoms with Crippen LogP contribution >= 0.6 is 0 Å². The number of piperidine rings is 1. The van der Waals surface area contributed by atoms with E-state index in [0.717, 1.165) is 0 Å². The van der Waals surface area contributed by atoms with E-state index in [4.69, 9.17) is 4.74 Å². The second-order valence-electron chi connectivity index (χ2n) is 9.75. The van der Waals surface area contributed by atoms with Gasteiger partial charge in [-0.1, -0.05) is 5.57 Å². The summed E-state index contributed by atoms with van der Waals surface area (Å²) in [4.78, 5) is 25.9. The van der Waals surface area contributed by atoms with Crippen molar-refractivity contribution in [3.8, 4) is 0 Å². The minimum absolute atomic E-state index is 0.0401. The number of amides is 2. The van der Waals surface area contributed by atoms with E-state index in [9.17, 15) is 40.3 Å². The average Bonchev–Trinajstić information content (AvgIpc) is 2.86. The number of hydrogen-bond donors (Lipinski definition) is 1. The molecule has 0 aromatic heterocycles. The fourth-order valence-corrected chi connectivity index (χ4v) is 5.43. The lowest BCUT2D eigenvalue weighted by molar-refractivity contribution is -0.913. The number of benzene rings is 2. The third kappa shape index (κ3) is 6.32. The van der Waals surface area contributed by atoms with E-state index in [1.165, 1.54) is 38.2 Å². The van der Waals surface area contributed by atoms with Crippen molar-refractivity contribution in [2.24, 2.45) is 0 Å². The van der Waals surface area contributed by atoms with Gasteiger partial charge in [0, 0.05) is 37.1 Å². The summed E-state index contributed by atoms with van der Waals surface area (Å²) in [5.41, 5.74) is -1.84. The standard InChI is InChI=1S/C28H29F7N2O3/c1-5-40-25(38)12-18-8-9-37(26(39)36-4,24(11-18)23-7-6-22(29)10-16(23)2)17(3)19-13-20(27(30,31)32)15-21(14-19)28(33,34)35/h6-7,10,12-15,17,24H,5,8-9,11H2,1-4H3/p+1/t17?,24-,37-/m1/s1. The smallest absolute Gasteiger partial charge is 0.417 e. The molecule has 0 saturated carbocycles. The van der Waals surface area contributed by atoms with Crippen LogP contribution in [-0.2, 0) is 21.9 Å². The molecule has 1 aliphatic rings. The maximum absolute atomic E-state index is 14.0. The van der Waals surface area contributed by atoms with E-state index in [-0.39, 0.29) is 37.6 Å². The van der Waals surface area contributed by atoms with Gasteiger partial charge in [-0.2, -0.15) is 26.3 Å². The zero-order valence-electron chi connectivity index (χ0n) is 22.3. The van der Waals surface area contributed by atoms with Crippen LogP contribution in [0, 0.1) is 12.7 Å². The number of hydrogen-bond acceptors (Lipinski definition) is 3. The van der Waals surface area contributed by atoms with E-state index in [1.807, 2.05) is 0 Å². The van der Waals surface area contributed by atoms with Crippen LogP contribution < -0.4 is 5.32 Å². The van der Waals surface area contributed by atoms with Gasteiger partial charge in [-0.3, -0.25) is 0 Å². The number of esters is 1. The molecule has 3 atom stereocenters. The molecular formula is C28H30F7N2O3+. The number of ether oxygens (including phenoxy) is 1. The fraction of sp³-hybridized carbons (Fsp3) is 0.429. The quantitative estimate of drug-likeness (QED) is 0.175. The number of likely N-dealkylation sites (tertiary alicyclic amines) is 1. The van der Waals surface area contributed by atoms with Gasteiger partial charge in [-0.25, -0.2) is 18.5 Å². The Bertz CT molecular complexity index is 1270. The predicted octanol–water partition coefficient (Wildman–Crippen LogP) is 7.41. The number of quaternary nitrogens is 1. The molecule has 0 bridgehead atoms. The van der Waals surface area contributed by atoms with E-state index >= 15 is 0 Å². The van der Waals surface area contributed by atoms with Crippen molar-refractivity contribution in [1.29, 1.82) is 0 Å². The molecule has 1 saturated heterocycles. The number of halogens is 7. The van der Waals surface area contributed by atoms with Crippen molar-refractivity contribution >= 4 is 12.0 Å². The Kier molecular flexibility index (Phi) is 9.02. The third-order valence-electron chi connectivity index (χ3n) is 7.39. The molecule has 1 N–H and O–H groups in total. The monoisotopic (exact) mass is 575 g/mol. The van der Waals surface area contributed by atoms with Gasteiger partial charge >= 0.3 is 24.4 Å². The molecule has 3 rings (SSSR count). The van der Waals surface area contributed by atoms with Crippen LogP contribution in [0.3, 0.4) is 0 Å². The van der Waals surface area contributed by atoms with Gasteiger partial charge in [0.05, 0.1) is 24.3 Å². The highest BCUT2D eigenvalue weighted by molar-refractivity contribution is 5.82. The van der Waals surface area contributed by atoms with E-state index < -0.39 is 57.9 Å². The lowest BCUT2D eigenvalue weighted by Crippen LogP contribution is -2.61. The molecule has 5 nitrogen and oxygen atoms in total. The molecule has 2 amide bonds. The van der Waals surface area contributed by atoms with Crippen molar-refractivity contribution in [2.75, 3.05) is 20.2 Å². The van der Waals surface area contributed by atoms with Crippen LogP contribution in [0.4, 0.5) is 35.5 Å². The third-order valence-corrected chi connectivity index (χ3v) is 7.39. The van der Waals surface area contributed by atoms with Gasteiger partial charge in [-0.05, 0) is 62.7 Å². The van der Waals surface area contributed by atoms with Crippen LogP contribution in [0.15, 0.2) is 48.0 Å². The summed E-state index contributed by atoms with van der Waals surface area (Å²) in [6, 6.07) is 2.40. The molecule has 1 aliphatic heterocycles. The Morgan fingerprint density at radius 1 is 1.07 bits per heavy atom. The molecule has 0 radical (unpaired) electrons. The molecule has 1 unspecified atom stereocenters. The Labute approximate surface area is 227 Å². The molecule has 1 heterocycles. The molecule has 0 spiro atoms. The molecule has 0 aliphatic carbocycles. The van der Waals surface area contributed by atoms with Gasteiger partial charge in [0.25, 0.3) is 0 Å². The molecule has 40 heavy (non-hydrogen) atoms. The Hall–Kier alpha value is -3.41. The predicted molar refractivity (Wildman–Crippen MR) is 132 cm³/mol. The summed E-state index contributed by atoms with van der Waals surface area (Å²) in [5, 5.41) is 2.53. The van der Waals surface area contributed by atoms with Crippen molar-refractivity contribution < 1.29 is 49.5 Å². The van der Waals surface area contributed by atoms with Crippen molar-refractivity contribution in [2.45, 2.75) is 58.0 Å². The summed E-state index contributed by atoms with van der Waals surface area (Å²) in [6.45, 7) is 4.68. The first-order chi connectivity index (χ1) is 18.5. The van der Waals surface area contributed by atoms with Gasteiger partial charge in [0.2, 0.25) is 0 Å². The van der Waals surface area contributed by atoms with Gasteiger partial charge < -0.3 is 10.1 Å². The number of alkyl halides is 6. The summed E-state index contributed by atoms with van der Waals surface area (Å²) < 4.78 is 101. The molecular weight excluding hydrogens is 545 g/mol. The topological polar surface area (TPSA) is 55.4 Å². The van der Waals surface area contributed by atoms with Crippen LogP contribution in [0.1, 0.15) is 66.6 Å². The van der Waals surface area contributed by atoms with E-state index in [2.05, 4.69) is 5.32 Å². The van der Waals surface area contributed by atoms with Crippen LogP contribution in [0.25, 0.3) is 0 Å². The van der Waals surface area contributed by atoms with Gasteiger partial charge in [-0.15, -0.1) is 0 Å². The maximum atomic E-state index is 14.0. The van der Waals surface area contributed by atoms with Crippen molar-refractivity contribution in [1.82, 2.24) is 5.32 Å². The van der Waals surface area contributed by atoms with E-state index in [0.29, 0.717) is 28.8 Å². The van der Waals surface area contributed by atoms with Gasteiger partial charge in [0.1, 0.15) is 17.9 Å². The number of nitrogens with one attached hydrogen (secondary N) is 1. The summed E-state index contributed by atoms with van der Waals surface area (Å²) in [5.74, 6) is -1.18. The Balaban J connectivity index is 2.29. The minimum atomic E-state index is -5.07. The molecule has 218 valence electrons. The number of urea groups is 1. The zero-order chi connectivity index (χ0) is 30.0. The van der Waals surface area contributed by atoms with Crippen molar-refractivity contribution in [3.05, 3.63) is 81.7 Å². The first kappa shape index (κ1) is 31.1. The Morgan fingerprint density at radius 2 is 1.68 bits per heavy atom. The lowest BCUT2D eigenvalue weighted by Gasteiger charge is -2.49. The molecule has 2 aromatic carbocycles. The summed E-state index contributed by atoms with van der Waals surface area (Å²) in [7, 11) is 1.32. The van der Waals surface area contributed by atoms with E-state index in [1.54, 1.807) is 13.8 Å². The fourth-order valence-electron chi connectivity index (χ4n) is 5.43. The first-order valence-corrected chi connectivity index (χ1v) is 12.6. The molecule has 12 heteroatoms. The van der Waals surface area contributed by atoms with Crippen LogP contribution in [0.2, 0.25) is 0 Å².